The number of hydrogen-bond acceptors (Lipinski definition) is 2. The maximum absolute atomic E-state index is 6.94. The molecule has 0 aliphatic carbocycles. The summed E-state index contributed by atoms with van der Waals surface area (Å²) in [4.78, 5) is 2.36. The minimum absolute atomic E-state index is 0.458. The van der Waals surface area contributed by atoms with E-state index in [1.165, 1.54) is 33.3 Å². The van der Waals surface area contributed by atoms with Gasteiger partial charge in [-0.1, -0.05) is 128 Å². The number of hydrogen-bond donors (Lipinski definition) is 0. The lowest BCUT2D eigenvalue weighted by Gasteiger charge is -2.42. The molecule has 2 nitrogen and oxygen atoms in total. The van der Waals surface area contributed by atoms with Crippen LogP contribution >= 0.6 is 0 Å². The second kappa shape index (κ2) is 14.7. The van der Waals surface area contributed by atoms with E-state index in [1.54, 1.807) is 0 Å². The van der Waals surface area contributed by atoms with E-state index in [2.05, 4.69) is 182 Å². The summed E-state index contributed by atoms with van der Waals surface area (Å²) < 4.78 is 6.94. The number of nitrogens with zero attached hydrogens (tertiary/aromatic N) is 1. The van der Waals surface area contributed by atoms with Gasteiger partial charge in [-0.2, -0.15) is 0 Å². The quantitative estimate of drug-likeness (QED) is 0.120. The van der Waals surface area contributed by atoms with Gasteiger partial charge in [-0.05, 0) is 112 Å². The van der Waals surface area contributed by atoms with Crippen LogP contribution in [0.3, 0.4) is 0 Å². The first kappa shape index (κ1) is 33.5. The summed E-state index contributed by atoms with van der Waals surface area (Å²) in [5.41, 5.74) is 7.99. The van der Waals surface area contributed by atoms with E-state index >= 15 is 0 Å². The minimum Gasteiger partial charge on any atom is -0.543 e. The van der Waals surface area contributed by atoms with E-state index in [4.69, 9.17) is 4.43 Å². The van der Waals surface area contributed by atoms with Crippen LogP contribution in [0.5, 0.6) is 5.75 Å². The molecule has 0 N–H and O–H groups in total. The van der Waals surface area contributed by atoms with Crippen molar-refractivity contribution in [1.82, 2.24) is 0 Å². The molecule has 2 unspecified atom stereocenters. The molecule has 0 spiro atoms. The van der Waals surface area contributed by atoms with Gasteiger partial charge in [0.05, 0.1) is 0 Å². The van der Waals surface area contributed by atoms with Gasteiger partial charge in [-0.3, -0.25) is 0 Å². The molecule has 0 fully saturated rings. The summed E-state index contributed by atoms with van der Waals surface area (Å²) in [5.74, 6) is 1.99. The molecule has 46 heavy (non-hydrogen) atoms. The van der Waals surface area contributed by atoms with Crippen molar-refractivity contribution in [2.75, 3.05) is 4.90 Å². The minimum atomic E-state index is -1.96. The fraction of sp³-hybridized carbons (Fsp3) is 0.349. The predicted octanol–water partition coefficient (Wildman–Crippen LogP) is 13.6. The maximum atomic E-state index is 6.94. The topological polar surface area (TPSA) is 12.5 Å². The van der Waals surface area contributed by atoms with E-state index in [-0.39, 0.29) is 0 Å². The highest BCUT2D eigenvalue weighted by Crippen LogP contribution is 2.43. The molecule has 0 aliphatic rings. The summed E-state index contributed by atoms with van der Waals surface area (Å²) in [5, 5.41) is 2.51. The fourth-order valence-corrected chi connectivity index (χ4v) is 13.0. The molecule has 5 rings (SSSR count). The predicted molar refractivity (Wildman–Crippen MR) is 203 cm³/mol. The highest BCUT2D eigenvalue weighted by molar-refractivity contribution is 6.78. The van der Waals surface area contributed by atoms with Gasteiger partial charge < -0.3 is 9.33 Å². The molecule has 0 bridgehead atoms. The molecule has 0 aliphatic heterocycles. The van der Waals surface area contributed by atoms with Crippen molar-refractivity contribution in [3.8, 4) is 5.75 Å². The van der Waals surface area contributed by atoms with Crippen LogP contribution in [0.15, 0.2) is 121 Å². The number of anilines is 3. The third-order valence-electron chi connectivity index (χ3n) is 10.2. The molecule has 240 valence electrons. The van der Waals surface area contributed by atoms with E-state index in [0.717, 1.165) is 24.3 Å². The van der Waals surface area contributed by atoms with Gasteiger partial charge in [-0.25, -0.2) is 0 Å². The van der Waals surface area contributed by atoms with Crippen molar-refractivity contribution in [3.05, 3.63) is 132 Å². The first-order chi connectivity index (χ1) is 22.1. The molecule has 0 radical (unpaired) electrons. The lowest BCUT2D eigenvalue weighted by atomic mass is 9.84. The third kappa shape index (κ3) is 7.10. The molecule has 0 heterocycles. The first-order valence-corrected chi connectivity index (χ1v) is 19.5. The summed E-state index contributed by atoms with van der Waals surface area (Å²) in [6, 6.07) is 44.3. The molecular formula is C43H53NOSi. The second-order valence-corrected chi connectivity index (χ2v) is 19.4. The van der Waals surface area contributed by atoms with Gasteiger partial charge in [0.25, 0.3) is 8.32 Å². The van der Waals surface area contributed by atoms with Gasteiger partial charge in [0.15, 0.2) is 0 Å². The van der Waals surface area contributed by atoms with Crippen molar-refractivity contribution in [2.24, 2.45) is 0 Å². The van der Waals surface area contributed by atoms with Gasteiger partial charge >= 0.3 is 0 Å². The lowest BCUT2D eigenvalue weighted by molar-refractivity contribution is 0.479. The van der Waals surface area contributed by atoms with Gasteiger partial charge in [-0.15, -0.1) is 0 Å². The number of fused-ring (bicyclic) bond motifs is 1. The molecule has 0 saturated carbocycles. The summed E-state index contributed by atoms with van der Waals surface area (Å²) in [7, 11) is -1.96. The summed E-state index contributed by atoms with van der Waals surface area (Å²) >= 11 is 0. The standard InChI is InChI=1S/C43H53NOSi/c1-9-35(29-34(8)36-22-27-43(28-23-36)45-46(31(2)3,32(4)5)33(6)7)38-19-24-41(25-20-38)44(40-17-11-10-12-18-40)42-26-21-37-15-13-14-16-39(37)30-42/h10-28,30-35H,9,29H2,1-8H3. The van der Waals surface area contributed by atoms with Crippen LogP contribution in [0.1, 0.15) is 91.2 Å². The van der Waals surface area contributed by atoms with Crippen LogP contribution in [0, 0.1) is 0 Å². The lowest BCUT2D eigenvalue weighted by Crippen LogP contribution is -2.50. The zero-order valence-electron chi connectivity index (χ0n) is 29.2. The van der Waals surface area contributed by atoms with Crippen LogP contribution < -0.4 is 9.33 Å². The van der Waals surface area contributed by atoms with Crippen molar-refractivity contribution in [3.63, 3.8) is 0 Å². The third-order valence-corrected chi connectivity index (χ3v) is 16.2. The Hall–Kier alpha value is -3.82. The van der Waals surface area contributed by atoms with Gasteiger partial charge in [0.1, 0.15) is 5.75 Å². The summed E-state index contributed by atoms with van der Waals surface area (Å²) in [6.07, 6.45) is 2.23. The Bertz CT molecular complexity index is 1650. The highest BCUT2D eigenvalue weighted by Gasteiger charge is 2.47. The first-order valence-electron chi connectivity index (χ1n) is 17.4. The van der Waals surface area contributed by atoms with Crippen LogP contribution in [-0.4, -0.2) is 8.32 Å². The molecule has 0 aromatic heterocycles. The SMILES string of the molecule is CCC(CC(C)c1ccc(O[Si](C(C)C)(C(C)C)C(C)C)cc1)c1ccc(N(c2ccccc2)c2ccc3ccccc3c2)cc1. The second-order valence-electron chi connectivity index (χ2n) is 14.0. The Labute approximate surface area is 279 Å². The van der Waals surface area contributed by atoms with Crippen LogP contribution in [-0.2, 0) is 0 Å². The Kier molecular flexibility index (Phi) is 10.7. The molecular weight excluding hydrogens is 575 g/mol. The van der Waals surface area contributed by atoms with Crippen molar-refractivity contribution >= 4 is 36.2 Å². The maximum Gasteiger partial charge on any atom is 0.258 e. The molecule has 2 atom stereocenters. The fourth-order valence-electron chi connectivity index (χ4n) is 7.76. The van der Waals surface area contributed by atoms with E-state index in [1.807, 2.05) is 0 Å². The monoisotopic (exact) mass is 627 g/mol. The van der Waals surface area contributed by atoms with E-state index in [0.29, 0.717) is 28.5 Å². The molecule has 0 amide bonds. The van der Waals surface area contributed by atoms with Crippen molar-refractivity contribution < 1.29 is 4.43 Å². The molecule has 5 aromatic carbocycles. The Balaban J connectivity index is 1.34. The zero-order chi connectivity index (χ0) is 32.8. The van der Waals surface area contributed by atoms with E-state index in [9.17, 15) is 0 Å². The number of benzene rings is 5. The molecule has 3 heteroatoms. The van der Waals surface area contributed by atoms with Crippen molar-refractivity contribution in [1.29, 1.82) is 0 Å². The van der Waals surface area contributed by atoms with Gasteiger partial charge in [0.2, 0.25) is 0 Å². The normalized spacial score (nSPS) is 13.4. The smallest absolute Gasteiger partial charge is 0.258 e. The van der Waals surface area contributed by atoms with Crippen molar-refractivity contribution in [2.45, 2.75) is 96.7 Å². The zero-order valence-corrected chi connectivity index (χ0v) is 30.2. The number of para-hydroxylation sites is 1. The number of rotatable bonds is 13. The Morgan fingerprint density at radius 1 is 0.543 bits per heavy atom. The molecule has 5 aromatic rings. The Morgan fingerprint density at radius 3 is 1.65 bits per heavy atom. The van der Waals surface area contributed by atoms with Gasteiger partial charge in [0, 0.05) is 17.1 Å². The molecule has 0 saturated heterocycles. The van der Waals surface area contributed by atoms with E-state index < -0.39 is 8.32 Å². The van der Waals surface area contributed by atoms with Crippen LogP contribution in [0.4, 0.5) is 17.1 Å². The van der Waals surface area contributed by atoms with Crippen LogP contribution in [0.25, 0.3) is 10.8 Å². The van der Waals surface area contributed by atoms with Crippen LogP contribution in [0.2, 0.25) is 16.6 Å². The average Bonchev–Trinajstić information content (AvgIpc) is 3.06. The summed E-state index contributed by atoms with van der Waals surface area (Å²) in [6.45, 7) is 18.8. The average molecular weight is 628 g/mol. The Morgan fingerprint density at radius 2 is 1.07 bits per heavy atom. The largest absolute Gasteiger partial charge is 0.543 e. The highest BCUT2D eigenvalue weighted by atomic mass is 28.4.